The molecule has 0 spiro atoms. The fourth-order valence-corrected chi connectivity index (χ4v) is 3.25. The Labute approximate surface area is 139 Å². The second kappa shape index (κ2) is 6.23. The molecule has 4 aromatic rings. The quantitative estimate of drug-likeness (QED) is 0.493. The van der Waals surface area contributed by atoms with Gasteiger partial charge in [-0.3, -0.25) is 0 Å². The molecule has 0 radical (unpaired) electrons. The molecule has 0 aliphatic carbocycles. The Hall–Kier alpha value is -2.65. The predicted molar refractivity (Wildman–Crippen MR) is 95.8 cm³/mol. The zero-order chi connectivity index (χ0) is 15.5. The van der Waals surface area contributed by atoms with Gasteiger partial charge in [-0.15, -0.1) is 0 Å². The maximum atomic E-state index is 5.93. The standard InChI is InChI=1S/C20H15NOS/c1-2-6-15(7-3-1)13-22-20-19(14-23-21-20)18-11-10-16-8-4-5-9-17(16)12-18/h1-12,14H,13H2. The van der Waals surface area contributed by atoms with Gasteiger partial charge in [-0.25, -0.2) is 0 Å². The lowest BCUT2D eigenvalue weighted by Gasteiger charge is -2.07. The van der Waals surface area contributed by atoms with Crippen molar-refractivity contribution in [2.45, 2.75) is 6.61 Å². The van der Waals surface area contributed by atoms with Gasteiger partial charge >= 0.3 is 0 Å². The van der Waals surface area contributed by atoms with Crippen LogP contribution in [0.25, 0.3) is 21.9 Å². The molecule has 1 heterocycles. The molecule has 1 aromatic heterocycles. The van der Waals surface area contributed by atoms with Crippen LogP contribution in [0.15, 0.2) is 78.2 Å². The molecule has 0 aliphatic heterocycles. The summed E-state index contributed by atoms with van der Waals surface area (Å²) in [5.41, 5.74) is 3.34. The van der Waals surface area contributed by atoms with Gasteiger partial charge in [-0.05, 0) is 39.5 Å². The van der Waals surface area contributed by atoms with Gasteiger partial charge in [0.25, 0.3) is 0 Å². The third-order valence-electron chi connectivity index (χ3n) is 3.82. The van der Waals surface area contributed by atoms with Gasteiger partial charge in [0.1, 0.15) is 6.61 Å². The van der Waals surface area contributed by atoms with Crippen molar-refractivity contribution >= 4 is 22.3 Å². The van der Waals surface area contributed by atoms with Crippen LogP contribution in [-0.2, 0) is 6.61 Å². The molecule has 23 heavy (non-hydrogen) atoms. The van der Waals surface area contributed by atoms with Crippen molar-refractivity contribution in [2.24, 2.45) is 0 Å². The van der Waals surface area contributed by atoms with E-state index in [1.807, 2.05) is 23.6 Å². The molecule has 0 aliphatic rings. The summed E-state index contributed by atoms with van der Waals surface area (Å²) in [6.45, 7) is 0.533. The number of aromatic nitrogens is 1. The SMILES string of the molecule is c1ccc(COc2nscc2-c2ccc3ccccc3c2)cc1. The van der Waals surface area contributed by atoms with Crippen molar-refractivity contribution in [1.82, 2.24) is 4.37 Å². The second-order valence-corrected chi connectivity index (χ2v) is 6.00. The van der Waals surface area contributed by atoms with Crippen LogP contribution in [0.1, 0.15) is 5.56 Å². The monoisotopic (exact) mass is 317 g/mol. The second-order valence-electron chi connectivity index (χ2n) is 5.37. The molecule has 3 aromatic carbocycles. The molecule has 0 bridgehead atoms. The topological polar surface area (TPSA) is 22.1 Å². The van der Waals surface area contributed by atoms with Gasteiger partial charge in [0.05, 0.1) is 5.56 Å². The summed E-state index contributed by atoms with van der Waals surface area (Å²) >= 11 is 1.43. The summed E-state index contributed by atoms with van der Waals surface area (Å²) in [4.78, 5) is 0. The smallest absolute Gasteiger partial charge is 0.233 e. The molecule has 0 unspecified atom stereocenters. The first-order valence-corrected chi connectivity index (χ1v) is 8.34. The fraction of sp³-hybridized carbons (Fsp3) is 0.0500. The number of nitrogens with zero attached hydrogens (tertiary/aromatic N) is 1. The number of hydrogen-bond acceptors (Lipinski definition) is 3. The number of fused-ring (bicyclic) bond motifs is 1. The Bertz CT molecular complexity index is 930. The van der Waals surface area contributed by atoms with Gasteiger partial charge in [0, 0.05) is 5.38 Å². The van der Waals surface area contributed by atoms with Crippen molar-refractivity contribution < 1.29 is 4.74 Å². The van der Waals surface area contributed by atoms with Crippen LogP contribution >= 0.6 is 11.5 Å². The average molecular weight is 317 g/mol. The van der Waals surface area contributed by atoms with E-state index in [1.165, 1.54) is 22.3 Å². The first-order chi connectivity index (χ1) is 11.4. The van der Waals surface area contributed by atoms with E-state index in [4.69, 9.17) is 4.74 Å². The molecule has 0 saturated carbocycles. The maximum absolute atomic E-state index is 5.93. The van der Waals surface area contributed by atoms with Crippen molar-refractivity contribution in [2.75, 3.05) is 0 Å². The Kier molecular flexibility index (Phi) is 3.78. The maximum Gasteiger partial charge on any atom is 0.233 e. The minimum Gasteiger partial charge on any atom is -0.472 e. The van der Waals surface area contributed by atoms with Crippen molar-refractivity contribution in [3.8, 4) is 17.0 Å². The van der Waals surface area contributed by atoms with Crippen molar-refractivity contribution in [1.29, 1.82) is 0 Å². The summed E-state index contributed by atoms with van der Waals surface area (Å²) in [6, 6.07) is 25.0. The van der Waals surface area contributed by atoms with Crippen LogP contribution in [0.3, 0.4) is 0 Å². The van der Waals surface area contributed by atoms with Crippen LogP contribution in [-0.4, -0.2) is 4.37 Å². The van der Waals surface area contributed by atoms with E-state index >= 15 is 0 Å². The van der Waals surface area contributed by atoms with Gasteiger partial charge in [0.15, 0.2) is 0 Å². The molecule has 112 valence electrons. The lowest BCUT2D eigenvalue weighted by Crippen LogP contribution is -1.96. The Morgan fingerprint density at radius 2 is 1.61 bits per heavy atom. The van der Waals surface area contributed by atoms with E-state index in [1.54, 1.807) is 0 Å². The van der Waals surface area contributed by atoms with E-state index in [2.05, 4.69) is 59.0 Å². The molecule has 0 amide bonds. The number of rotatable bonds is 4. The van der Waals surface area contributed by atoms with Crippen LogP contribution < -0.4 is 4.74 Å². The lowest BCUT2D eigenvalue weighted by molar-refractivity contribution is 0.298. The normalized spacial score (nSPS) is 10.8. The number of hydrogen-bond donors (Lipinski definition) is 0. The molecular weight excluding hydrogens is 302 g/mol. The van der Waals surface area contributed by atoms with E-state index in [0.29, 0.717) is 12.5 Å². The number of ether oxygens (including phenoxy) is 1. The van der Waals surface area contributed by atoms with Crippen LogP contribution in [0.4, 0.5) is 0 Å². The lowest BCUT2D eigenvalue weighted by atomic mass is 10.0. The fourth-order valence-electron chi connectivity index (χ4n) is 2.60. The molecule has 0 N–H and O–H groups in total. The summed E-state index contributed by atoms with van der Waals surface area (Å²) in [5, 5.41) is 4.51. The molecule has 4 rings (SSSR count). The highest BCUT2D eigenvalue weighted by atomic mass is 32.1. The molecule has 0 saturated heterocycles. The highest BCUT2D eigenvalue weighted by molar-refractivity contribution is 7.04. The van der Waals surface area contributed by atoms with E-state index in [9.17, 15) is 0 Å². The van der Waals surface area contributed by atoms with Gasteiger partial charge in [0.2, 0.25) is 5.88 Å². The number of benzene rings is 3. The highest BCUT2D eigenvalue weighted by Crippen LogP contribution is 2.33. The summed E-state index contributed by atoms with van der Waals surface area (Å²) in [7, 11) is 0. The molecule has 0 atom stereocenters. The van der Waals surface area contributed by atoms with E-state index in [0.717, 1.165) is 16.7 Å². The first-order valence-electron chi connectivity index (χ1n) is 7.50. The zero-order valence-electron chi connectivity index (χ0n) is 12.5. The van der Waals surface area contributed by atoms with Crippen molar-refractivity contribution in [3.63, 3.8) is 0 Å². The third kappa shape index (κ3) is 2.96. The van der Waals surface area contributed by atoms with Crippen molar-refractivity contribution in [3.05, 3.63) is 83.7 Å². The largest absolute Gasteiger partial charge is 0.472 e. The summed E-state index contributed by atoms with van der Waals surface area (Å²) in [6.07, 6.45) is 0. The van der Waals surface area contributed by atoms with Crippen LogP contribution in [0.5, 0.6) is 5.88 Å². The first kappa shape index (κ1) is 14.0. The molecule has 0 fully saturated rings. The third-order valence-corrected chi connectivity index (χ3v) is 4.43. The molecule has 3 heteroatoms. The van der Waals surface area contributed by atoms with Gasteiger partial charge < -0.3 is 4.74 Å². The predicted octanol–water partition coefficient (Wildman–Crippen LogP) is 5.54. The van der Waals surface area contributed by atoms with Crippen LogP contribution in [0.2, 0.25) is 0 Å². The highest BCUT2D eigenvalue weighted by Gasteiger charge is 2.10. The van der Waals surface area contributed by atoms with E-state index in [-0.39, 0.29) is 0 Å². The van der Waals surface area contributed by atoms with Gasteiger partial charge in [-0.2, -0.15) is 4.37 Å². The van der Waals surface area contributed by atoms with E-state index < -0.39 is 0 Å². The zero-order valence-corrected chi connectivity index (χ0v) is 13.3. The Morgan fingerprint density at radius 1 is 0.826 bits per heavy atom. The Morgan fingerprint density at radius 3 is 2.48 bits per heavy atom. The average Bonchev–Trinajstić information content (AvgIpc) is 3.09. The minimum absolute atomic E-state index is 0.533. The van der Waals surface area contributed by atoms with Crippen LogP contribution in [0, 0.1) is 0 Å². The molecular formula is C20H15NOS. The minimum atomic E-state index is 0.533. The molecule has 2 nitrogen and oxygen atoms in total. The summed E-state index contributed by atoms with van der Waals surface area (Å²) in [5.74, 6) is 0.703. The van der Waals surface area contributed by atoms with Gasteiger partial charge in [-0.1, -0.05) is 66.7 Å². The Balaban J connectivity index is 1.63. The summed E-state index contributed by atoms with van der Waals surface area (Å²) < 4.78 is 10.3.